The molecule has 0 spiro atoms. The highest BCUT2D eigenvalue weighted by molar-refractivity contribution is 5.79. The number of hydrogen-bond donors (Lipinski definition) is 0. The highest BCUT2D eigenvalue weighted by atomic mass is 19.3. The second-order valence-electron chi connectivity index (χ2n) is 7.82. The highest BCUT2D eigenvalue weighted by Gasteiger charge is 2.29. The molecule has 4 rings (SSSR count). The lowest BCUT2D eigenvalue weighted by atomic mass is 9.94. The number of para-hydroxylation sites is 1. The number of aromatic nitrogens is 2. The van der Waals surface area contributed by atoms with Crippen LogP contribution in [0.1, 0.15) is 38.0 Å². The van der Waals surface area contributed by atoms with Gasteiger partial charge in [0.1, 0.15) is 5.75 Å². The summed E-state index contributed by atoms with van der Waals surface area (Å²) in [6.45, 7) is 0.892. The molecule has 2 aliphatic rings. The van der Waals surface area contributed by atoms with Gasteiger partial charge in [-0.25, -0.2) is 0 Å². The molecular formula is C21H26F2N4O3. The Labute approximate surface area is 174 Å². The van der Waals surface area contributed by atoms with E-state index in [9.17, 15) is 13.6 Å². The molecule has 2 saturated heterocycles. The van der Waals surface area contributed by atoms with E-state index < -0.39 is 6.61 Å². The SMILES string of the molecule is O=C(C1CCN(Cc2nc(-c3ccccc3OC(F)F)no2)CC1)N1CCCCC1. The summed E-state index contributed by atoms with van der Waals surface area (Å²) in [4.78, 5) is 21.2. The van der Waals surface area contributed by atoms with Gasteiger partial charge in [-0.15, -0.1) is 0 Å². The van der Waals surface area contributed by atoms with Gasteiger partial charge in [0.2, 0.25) is 17.6 Å². The maximum Gasteiger partial charge on any atom is 0.387 e. The molecule has 0 N–H and O–H groups in total. The third-order valence-corrected chi connectivity index (χ3v) is 5.78. The van der Waals surface area contributed by atoms with E-state index in [1.165, 1.54) is 12.5 Å². The van der Waals surface area contributed by atoms with E-state index in [1.54, 1.807) is 18.2 Å². The van der Waals surface area contributed by atoms with Crippen LogP contribution in [0.3, 0.4) is 0 Å². The maximum absolute atomic E-state index is 12.7. The summed E-state index contributed by atoms with van der Waals surface area (Å²) in [6.07, 6.45) is 5.07. The standard InChI is InChI=1S/C21H26F2N4O3/c22-21(23)29-17-7-3-2-6-16(17)19-24-18(30-25-19)14-26-12-8-15(9-13-26)20(28)27-10-4-1-5-11-27/h2-3,6-7,15,21H,1,4-5,8-14H2. The first-order valence-electron chi connectivity index (χ1n) is 10.5. The van der Waals surface area contributed by atoms with Crippen LogP contribution in [-0.4, -0.2) is 58.6 Å². The molecule has 30 heavy (non-hydrogen) atoms. The fraction of sp³-hybridized carbons (Fsp3) is 0.571. The molecule has 1 amide bonds. The Bertz CT molecular complexity index is 846. The molecule has 1 aromatic heterocycles. The number of nitrogens with zero attached hydrogens (tertiary/aromatic N) is 4. The van der Waals surface area contributed by atoms with Crippen LogP contribution in [0.15, 0.2) is 28.8 Å². The molecule has 2 fully saturated rings. The minimum Gasteiger partial charge on any atom is -0.434 e. The van der Waals surface area contributed by atoms with Crippen molar-refractivity contribution in [3.05, 3.63) is 30.2 Å². The summed E-state index contributed by atoms with van der Waals surface area (Å²) < 4.78 is 35.1. The molecule has 0 radical (unpaired) electrons. The summed E-state index contributed by atoms with van der Waals surface area (Å²) in [5.41, 5.74) is 0.360. The first-order valence-corrected chi connectivity index (χ1v) is 10.5. The summed E-state index contributed by atoms with van der Waals surface area (Å²) >= 11 is 0. The Balaban J connectivity index is 1.33. The van der Waals surface area contributed by atoms with E-state index in [0.717, 1.165) is 51.9 Å². The van der Waals surface area contributed by atoms with Gasteiger partial charge in [0, 0.05) is 19.0 Å². The van der Waals surface area contributed by atoms with E-state index in [4.69, 9.17) is 4.52 Å². The molecule has 3 heterocycles. The Kier molecular flexibility index (Phi) is 6.56. The lowest BCUT2D eigenvalue weighted by Crippen LogP contribution is -2.44. The molecule has 0 bridgehead atoms. The zero-order valence-corrected chi connectivity index (χ0v) is 16.8. The van der Waals surface area contributed by atoms with Crippen molar-refractivity contribution in [2.75, 3.05) is 26.2 Å². The largest absolute Gasteiger partial charge is 0.434 e. The van der Waals surface area contributed by atoms with Gasteiger partial charge in [0.25, 0.3) is 0 Å². The van der Waals surface area contributed by atoms with Gasteiger partial charge in [-0.2, -0.15) is 13.8 Å². The number of piperidine rings is 2. The van der Waals surface area contributed by atoms with Crippen LogP contribution >= 0.6 is 0 Å². The zero-order valence-electron chi connectivity index (χ0n) is 16.8. The van der Waals surface area contributed by atoms with Crippen LogP contribution in [0.4, 0.5) is 8.78 Å². The van der Waals surface area contributed by atoms with E-state index in [1.807, 2.05) is 4.90 Å². The molecule has 2 aliphatic heterocycles. The molecule has 0 atom stereocenters. The van der Waals surface area contributed by atoms with Crippen molar-refractivity contribution >= 4 is 5.91 Å². The van der Waals surface area contributed by atoms with Gasteiger partial charge < -0.3 is 14.2 Å². The van der Waals surface area contributed by atoms with Crippen molar-refractivity contribution in [3.8, 4) is 17.1 Å². The quantitative estimate of drug-likeness (QED) is 0.712. The fourth-order valence-corrected chi connectivity index (χ4v) is 4.18. The number of amides is 1. The summed E-state index contributed by atoms with van der Waals surface area (Å²) in [7, 11) is 0. The van der Waals surface area contributed by atoms with Crippen LogP contribution in [0, 0.1) is 5.92 Å². The van der Waals surface area contributed by atoms with Crippen molar-refractivity contribution in [1.29, 1.82) is 0 Å². The molecule has 2 aromatic rings. The Morgan fingerprint density at radius 1 is 1.13 bits per heavy atom. The van der Waals surface area contributed by atoms with Crippen LogP contribution in [0.5, 0.6) is 5.75 Å². The number of likely N-dealkylation sites (tertiary alicyclic amines) is 2. The second-order valence-corrected chi connectivity index (χ2v) is 7.82. The van der Waals surface area contributed by atoms with Gasteiger partial charge in [-0.05, 0) is 57.3 Å². The van der Waals surface area contributed by atoms with Gasteiger partial charge in [0.15, 0.2) is 0 Å². The minimum absolute atomic E-state index is 0.0110. The molecule has 0 saturated carbocycles. The topological polar surface area (TPSA) is 71.7 Å². The van der Waals surface area contributed by atoms with E-state index in [-0.39, 0.29) is 17.5 Å². The lowest BCUT2D eigenvalue weighted by Gasteiger charge is -2.35. The number of halogens is 2. The maximum atomic E-state index is 12.7. The molecular weight excluding hydrogens is 394 g/mol. The molecule has 9 heteroatoms. The van der Waals surface area contributed by atoms with Crippen LogP contribution in [0.25, 0.3) is 11.4 Å². The second kappa shape index (κ2) is 9.51. The smallest absolute Gasteiger partial charge is 0.387 e. The molecule has 7 nitrogen and oxygen atoms in total. The number of alkyl halides is 2. The van der Waals surface area contributed by atoms with Crippen molar-refractivity contribution in [3.63, 3.8) is 0 Å². The molecule has 0 aliphatic carbocycles. The third-order valence-electron chi connectivity index (χ3n) is 5.78. The number of rotatable bonds is 6. The monoisotopic (exact) mass is 420 g/mol. The molecule has 0 unspecified atom stereocenters. The third kappa shape index (κ3) is 4.95. The van der Waals surface area contributed by atoms with Crippen molar-refractivity contribution in [2.24, 2.45) is 5.92 Å². The minimum atomic E-state index is -2.92. The molecule has 1 aromatic carbocycles. The van der Waals surface area contributed by atoms with Crippen molar-refractivity contribution in [1.82, 2.24) is 19.9 Å². The van der Waals surface area contributed by atoms with Gasteiger partial charge >= 0.3 is 6.61 Å². The van der Waals surface area contributed by atoms with E-state index in [0.29, 0.717) is 23.9 Å². The van der Waals surface area contributed by atoms with Gasteiger partial charge in [0.05, 0.1) is 12.1 Å². The zero-order chi connectivity index (χ0) is 20.9. The average Bonchev–Trinajstić information content (AvgIpc) is 3.22. The van der Waals surface area contributed by atoms with E-state index in [2.05, 4.69) is 19.8 Å². The Morgan fingerprint density at radius 3 is 2.60 bits per heavy atom. The van der Waals surface area contributed by atoms with Gasteiger partial charge in [-0.1, -0.05) is 17.3 Å². The van der Waals surface area contributed by atoms with Crippen LogP contribution in [0.2, 0.25) is 0 Å². The summed E-state index contributed by atoms with van der Waals surface area (Å²) in [5.74, 6) is 1.03. The van der Waals surface area contributed by atoms with Crippen molar-refractivity contribution < 1.29 is 22.8 Å². The number of ether oxygens (including phenoxy) is 1. The Hall–Kier alpha value is -2.55. The highest BCUT2D eigenvalue weighted by Crippen LogP contribution is 2.29. The number of hydrogen-bond acceptors (Lipinski definition) is 6. The Morgan fingerprint density at radius 2 is 1.87 bits per heavy atom. The number of benzene rings is 1. The number of carbonyl (C=O) groups is 1. The van der Waals surface area contributed by atoms with E-state index >= 15 is 0 Å². The van der Waals surface area contributed by atoms with Crippen LogP contribution in [-0.2, 0) is 11.3 Å². The average molecular weight is 420 g/mol. The fourth-order valence-electron chi connectivity index (χ4n) is 4.18. The summed E-state index contributed by atoms with van der Waals surface area (Å²) in [5, 5.41) is 3.93. The van der Waals surface area contributed by atoms with Crippen molar-refractivity contribution in [2.45, 2.75) is 45.3 Å². The first kappa shape index (κ1) is 20.7. The molecule has 162 valence electrons. The summed E-state index contributed by atoms with van der Waals surface area (Å²) in [6, 6.07) is 6.37. The predicted molar refractivity (Wildman–Crippen MR) is 105 cm³/mol. The predicted octanol–water partition coefficient (Wildman–Crippen LogP) is 3.56. The normalized spacial score (nSPS) is 18.7. The lowest BCUT2D eigenvalue weighted by molar-refractivity contribution is -0.138. The van der Waals surface area contributed by atoms with Gasteiger partial charge in [-0.3, -0.25) is 9.69 Å². The number of carbonyl (C=O) groups excluding carboxylic acids is 1. The van der Waals surface area contributed by atoms with Crippen LogP contribution < -0.4 is 4.74 Å². The first-order chi connectivity index (χ1) is 14.6.